The first-order valence-electron chi connectivity index (χ1n) is 8.19. The highest BCUT2D eigenvalue weighted by molar-refractivity contribution is 6.30. The zero-order chi connectivity index (χ0) is 15.4. The van der Waals surface area contributed by atoms with Gasteiger partial charge in [0.05, 0.1) is 6.54 Å². The smallest absolute Gasteiger partial charge is 0.238 e. The number of hydrogen-bond acceptors (Lipinski definition) is 3. The average molecular weight is 358 g/mol. The van der Waals surface area contributed by atoms with Gasteiger partial charge in [-0.15, -0.1) is 12.4 Å². The van der Waals surface area contributed by atoms with Gasteiger partial charge in [0, 0.05) is 35.9 Å². The van der Waals surface area contributed by atoms with Crippen LogP contribution in [0.3, 0.4) is 0 Å². The highest BCUT2D eigenvalue weighted by atomic mass is 35.5. The Morgan fingerprint density at radius 1 is 1.22 bits per heavy atom. The summed E-state index contributed by atoms with van der Waals surface area (Å²) in [5.74, 6) is 0.0640. The molecule has 1 amide bonds. The Morgan fingerprint density at radius 2 is 1.91 bits per heavy atom. The van der Waals surface area contributed by atoms with Gasteiger partial charge in [0.2, 0.25) is 5.91 Å². The first kappa shape index (κ1) is 18.5. The minimum atomic E-state index is 0. The van der Waals surface area contributed by atoms with Gasteiger partial charge < -0.3 is 10.6 Å². The molecule has 0 radical (unpaired) electrons. The van der Waals surface area contributed by atoms with Gasteiger partial charge >= 0.3 is 0 Å². The monoisotopic (exact) mass is 357 g/mol. The van der Waals surface area contributed by atoms with E-state index in [1.54, 1.807) is 12.1 Å². The van der Waals surface area contributed by atoms with E-state index in [2.05, 4.69) is 15.5 Å². The number of anilines is 1. The molecule has 2 N–H and O–H groups in total. The summed E-state index contributed by atoms with van der Waals surface area (Å²) in [6, 6.07) is 7.28. The molecule has 1 spiro atoms. The van der Waals surface area contributed by atoms with Crippen molar-refractivity contribution in [2.45, 2.75) is 37.6 Å². The van der Waals surface area contributed by atoms with Gasteiger partial charge in [0.1, 0.15) is 0 Å². The van der Waals surface area contributed by atoms with Gasteiger partial charge in [-0.25, -0.2) is 0 Å². The molecule has 2 fully saturated rings. The van der Waals surface area contributed by atoms with Gasteiger partial charge in [-0.1, -0.05) is 30.9 Å². The molecule has 0 unspecified atom stereocenters. The van der Waals surface area contributed by atoms with Gasteiger partial charge in [-0.3, -0.25) is 9.69 Å². The lowest BCUT2D eigenvalue weighted by Gasteiger charge is -2.49. The highest BCUT2D eigenvalue weighted by Gasteiger charge is 2.40. The molecule has 2 aliphatic rings. The maximum Gasteiger partial charge on any atom is 0.238 e. The quantitative estimate of drug-likeness (QED) is 0.871. The van der Waals surface area contributed by atoms with Gasteiger partial charge in [-0.05, 0) is 37.1 Å². The van der Waals surface area contributed by atoms with Crippen LogP contribution in [0.2, 0.25) is 5.02 Å². The van der Waals surface area contributed by atoms with E-state index in [0.717, 1.165) is 25.3 Å². The van der Waals surface area contributed by atoms with Crippen molar-refractivity contribution in [3.05, 3.63) is 29.3 Å². The van der Waals surface area contributed by atoms with Crippen molar-refractivity contribution in [2.75, 3.05) is 31.5 Å². The number of carbonyl (C=O) groups is 1. The molecule has 0 aromatic heterocycles. The Balaban J connectivity index is 0.00000192. The molecular weight excluding hydrogens is 333 g/mol. The molecule has 6 heteroatoms. The number of nitrogens with zero attached hydrogens (tertiary/aromatic N) is 1. The van der Waals surface area contributed by atoms with E-state index >= 15 is 0 Å². The Labute approximate surface area is 149 Å². The predicted octanol–water partition coefficient (Wildman–Crippen LogP) is 3.31. The van der Waals surface area contributed by atoms with Crippen LogP contribution in [-0.2, 0) is 4.79 Å². The van der Waals surface area contributed by atoms with Crippen LogP contribution in [0.5, 0.6) is 0 Å². The number of nitrogens with one attached hydrogen (secondary N) is 2. The van der Waals surface area contributed by atoms with Crippen LogP contribution in [-0.4, -0.2) is 42.5 Å². The zero-order valence-corrected chi connectivity index (χ0v) is 14.9. The third-order valence-corrected chi connectivity index (χ3v) is 5.18. The summed E-state index contributed by atoms with van der Waals surface area (Å²) in [5, 5.41) is 7.18. The van der Waals surface area contributed by atoms with Gasteiger partial charge in [-0.2, -0.15) is 0 Å². The summed E-state index contributed by atoms with van der Waals surface area (Å²) in [5.41, 5.74) is 0.996. The molecule has 0 bridgehead atoms. The van der Waals surface area contributed by atoms with Crippen LogP contribution in [0.1, 0.15) is 32.1 Å². The van der Waals surface area contributed by atoms with E-state index in [1.165, 1.54) is 32.1 Å². The van der Waals surface area contributed by atoms with Gasteiger partial charge in [0.25, 0.3) is 0 Å². The van der Waals surface area contributed by atoms with E-state index < -0.39 is 0 Å². The number of amides is 1. The SMILES string of the molecule is Cl.O=C(CN1CCNCC12CCCCC2)Nc1ccc(Cl)cc1. The molecule has 128 valence electrons. The fourth-order valence-electron chi connectivity index (χ4n) is 3.74. The van der Waals surface area contributed by atoms with Crippen molar-refractivity contribution in [2.24, 2.45) is 0 Å². The zero-order valence-electron chi connectivity index (χ0n) is 13.3. The van der Waals surface area contributed by atoms with Crippen molar-refractivity contribution in [1.29, 1.82) is 0 Å². The third-order valence-electron chi connectivity index (χ3n) is 4.93. The van der Waals surface area contributed by atoms with E-state index in [9.17, 15) is 4.79 Å². The van der Waals surface area contributed by atoms with E-state index in [0.29, 0.717) is 11.6 Å². The highest BCUT2D eigenvalue weighted by Crippen LogP contribution is 2.34. The molecule has 1 aliphatic carbocycles. The van der Waals surface area contributed by atoms with E-state index in [4.69, 9.17) is 11.6 Å². The number of benzene rings is 1. The van der Waals surface area contributed by atoms with Crippen molar-refractivity contribution in [3.8, 4) is 0 Å². The fourth-order valence-corrected chi connectivity index (χ4v) is 3.87. The minimum Gasteiger partial charge on any atom is -0.325 e. The average Bonchev–Trinajstić information content (AvgIpc) is 2.53. The summed E-state index contributed by atoms with van der Waals surface area (Å²) in [4.78, 5) is 14.8. The second-order valence-corrected chi connectivity index (χ2v) is 6.87. The Morgan fingerprint density at radius 3 is 2.61 bits per heavy atom. The summed E-state index contributed by atoms with van der Waals surface area (Å²) in [7, 11) is 0. The van der Waals surface area contributed by atoms with Crippen LogP contribution < -0.4 is 10.6 Å². The second-order valence-electron chi connectivity index (χ2n) is 6.44. The largest absolute Gasteiger partial charge is 0.325 e. The predicted molar refractivity (Wildman–Crippen MR) is 97.6 cm³/mol. The van der Waals surface area contributed by atoms with Crippen LogP contribution in [0.15, 0.2) is 24.3 Å². The number of carbonyl (C=O) groups excluding carboxylic acids is 1. The number of piperazine rings is 1. The summed E-state index contributed by atoms with van der Waals surface area (Å²) >= 11 is 5.87. The van der Waals surface area contributed by atoms with Crippen LogP contribution >= 0.6 is 24.0 Å². The van der Waals surface area contributed by atoms with Gasteiger partial charge in [0.15, 0.2) is 0 Å². The Hall–Kier alpha value is -0.810. The molecule has 1 heterocycles. The molecular formula is C17H25Cl2N3O. The molecule has 1 aromatic rings. The van der Waals surface area contributed by atoms with Crippen LogP contribution in [0, 0.1) is 0 Å². The molecule has 4 nitrogen and oxygen atoms in total. The first-order chi connectivity index (χ1) is 10.7. The second kappa shape index (κ2) is 8.34. The van der Waals surface area contributed by atoms with Crippen LogP contribution in [0.4, 0.5) is 5.69 Å². The molecule has 3 rings (SSSR count). The first-order valence-corrected chi connectivity index (χ1v) is 8.57. The number of hydrogen-bond donors (Lipinski definition) is 2. The topological polar surface area (TPSA) is 44.4 Å². The lowest BCUT2D eigenvalue weighted by atomic mass is 9.79. The minimum absolute atomic E-state index is 0. The molecule has 1 saturated carbocycles. The van der Waals surface area contributed by atoms with Crippen molar-refractivity contribution >= 4 is 35.6 Å². The van der Waals surface area contributed by atoms with Crippen molar-refractivity contribution in [1.82, 2.24) is 10.2 Å². The number of halogens is 2. The normalized spacial score (nSPS) is 20.7. The maximum absolute atomic E-state index is 12.4. The van der Waals surface area contributed by atoms with E-state index in [1.807, 2.05) is 12.1 Å². The van der Waals surface area contributed by atoms with Crippen LogP contribution in [0.25, 0.3) is 0 Å². The standard InChI is InChI=1S/C17H24ClN3O.ClH/c18-14-4-6-15(7-5-14)20-16(22)12-21-11-10-19-13-17(21)8-2-1-3-9-17;/h4-7,19H,1-3,8-13H2,(H,20,22);1H. The third kappa shape index (κ3) is 4.60. The molecule has 0 atom stereocenters. The molecule has 1 saturated heterocycles. The molecule has 23 heavy (non-hydrogen) atoms. The van der Waals surface area contributed by atoms with Crippen molar-refractivity contribution < 1.29 is 4.79 Å². The fraction of sp³-hybridized carbons (Fsp3) is 0.588. The summed E-state index contributed by atoms with van der Waals surface area (Å²) in [6.07, 6.45) is 6.28. The van der Waals surface area contributed by atoms with Crippen molar-refractivity contribution in [3.63, 3.8) is 0 Å². The summed E-state index contributed by atoms with van der Waals surface area (Å²) in [6.45, 7) is 3.41. The Bertz CT molecular complexity index is 507. The lowest BCUT2D eigenvalue weighted by Crippen LogP contribution is -2.63. The maximum atomic E-state index is 12.4. The Kier molecular flexibility index (Phi) is 6.72. The summed E-state index contributed by atoms with van der Waals surface area (Å²) < 4.78 is 0. The lowest BCUT2D eigenvalue weighted by molar-refractivity contribution is -0.120. The number of rotatable bonds is 3. The molecule has 1 aliphatic heterocycles. The van der Waals surface area contributed by atoms with E-state index in [-0.39, 0.29) is 23.9 Å². The molecule has 1 aromatic carbocycles.